The van der Waals surface area contributed by atoms with Gasteiger partial charge in [-0.2, -0.15) is 0 Å². The minimum atomic E-state index is -2.73. The first-order valence-electron chi connectivity index (χ1n) is 3.62. The van der Waals surface area contributed by atoms with E-state index < -0.39 is 12.5 Å². The van der Waals surface area contributed by atoms with E-state index in [0.29, 0.717) is 0 Å². The predicted octanol–water partition coefficient (Wildman–Crippen LogP) is 3.91. The maximum Gasteiger partial charge on any atom is 0.257 e. The van der Waals surface area contributed by atoms with Crippen molar-refractivity contribution in [3.05, 3.63) is 32.8 Å². The smallest absolute Gasteiger partial charge is 0.257 e. The van der Waals surface area contributed by atoms with E-state index in [1.807, 2.05) is 0 Å². The van der Waals surface area contributed by atoms with Crippen LogP contribution in [-0.4, -0.2) is 6.43 Å². The van der Waals surface area contributed by atoms with E-state index in [0.717, 1.165) is 0 Å². The van der Waals surface area contributed by atoms with Crippen LogP contribution in [0, 0.1) is 0 Å². The van der Waals surface area contributed by atoms with Crippen LogP contribution in [0.4, 0.5) is 8.78 Å². The average molecular weight is 260 g/mol. The third-order valence-electron chi connectivity index (χ3n) is 1.68. The molecule has 1 aromatic carbocycles. The van der Waals surface area contributed by atoms with Gasteiger partial charge in [0.15, 0.2) is 0 Å². The van der Waals surface area contributed by atoms with Gasteiger partial charge in [-0.05, 0) is 12.1 Å². The summed E-state index contributed by atoms with van der Waals surface area (Å²) < 4.78 is 24.6. The topological polar surface area (TPSA) is 26.0 Å². The lowest BCUT2D eigenvalue weighted by molar-refractivity contribution is 0.116. The third-order valence-corrected chi connectivity index (χ3v) is 2.83. The largest absolute Gasteiger partial charge is 0.319 e. The monoisotopic (exact) mass is 259 g/mol. The molecule has 0 saturated carbocycles. The molecule has 0 fully saturated rings. The summed E-state index contributed by atoms with van der Waals surface area (Å²) in [5.41, 5.74) is 5.21. The summed E-state index contributed by atoms with van der Waals surface area (Å²) in [6, 6.07) is 1.29. The Kier molecular flexibility index (Phi) is 3.95. The van der Waals surface area contributed by atoms with Crippen molar-refractivity contribution in [2.75, 3.05) is 0 Å². The minimum Gasteiger partial charge on any atom is -0.319 e. The van der Waals surface area contributed by atoms with E-state index in [1.54, 1.807) is 0 Å². The molecule has 78 valence electrons. The number of nitrogens with two attached hydrogens (primary N) is 1. The van der Waals surface area contributed by atoms with Gasteiger partial charge in [0.1, 0.15) is 0 Å². The Morgan fingerprint density at radius 2 is 1.57 bits per heavy atom. The van der Waals surface area contributed by atoms with Crippen LogP contribution in [0.15, 0.2) is 12.1 Å². The Labute approximate surface area is 94.7 Å². The standard InChI is InChI=1S/C8H6Cl3F2N/c9-3-1-2-4(10)6(11)5(3)7(14)8(12)13/h1-2,7-8H,14H2/t7-/m0/s1. The first-order chi connectivity index (χ1) is 6.45. The number of hydrogen-bond acceptors (Lipinski definition) is 1. The molecule has 0 aliphatic heterocycles. The molecule has 0 unspecified atom stereocenters. The highest BCUT2D eigenvalue weighted by Gasteiger charge is 2.24. The van der Waals surface area contributed by atoms with Gasteiger partial charge in [0.25, 0.3) is 6.43 Å². The molecule has 0 amide bonds. The Bertz CT molecular complexity index is 344. The van der Waals surface area contributed by atoms with E-state index in [1.165, 1.54) is 12.1 Å². The number of rotatable bonds is 2. The van der Waals surface area contributed by atoms with Gasteiger partial charge in [-0.25, -0.2) is 8.78 Å². The van der Waals surface area contributed by atoms with Crippen molar-refractivity contribution in [3.8, 4) is 0 Å². The van der Waals surface area contributed by atoms with Gasteiger partial charge < -0.3 is 5.73 Å². The molecule has 0 radical (unpaired) electrons. The molecular weight excluding hydrogens is 254 g/mol. The Hall–Kier alpha value is -0.0900. The third kappa shape index (κ3) is 2.28. The molecule has 1 nitrogen and oxygen atoms in total. The molecule has 1 aromatic rings. The molecule has 0 aliphatic rings. The van der Waals surface area contributed by atoms with E-state index in [-0.39, 0.29) is 20.6 Å². The van der Waals surface area contributed by atoms with Crippen LogP contribution in [-0.2, 0) is 0 Å². The van der Waals surface area contributed by atoms with Crippen molar-refractivity contribution in [2.45, 2.75) is 12.5 Å². The molecule has 6 heteroatoms. The van der Waals surface area contributed by atoms with E-state index in [9.17, 15) is 8.78 Å². The average Bonchev–Trinajstić information content (AvgIpc) is 2.12. The molecule has 1 rings (SSSR count). The normalized spacial score (nSPS) is 13.4. The second kappa shape index (κ2) is 4.62. The SMILES string of the molecule is N[C@@H](c1c(Cl)ccc(Cl)c1Cl)C(F)F. The number of alkyl halides is 2. The maximum atomic E-state index is 12.3. The predicted molar refractivity (Wildman–Crippen MR) is 54.4 cm³/mol. The fraction of sp³-hybridized carbons (Fsp3) is 0.250. The lowest BCUT2D eigenvalue weighted by atomic mass is 10.1. The molecule has 0 spiro atoms. The molecule has 1 atom stereocenters. The lowest BCUT2D eigenvalue weighted by Crippen LogP contribution is -2.19. The molecule has 0 heterocycles. The van der Waals surface area contributed by atoms with E-state index >= 15 is 0 Å². The lowest BCUT2D eigenvalue weighted by Gasteiger charge is -2.14. The van der Waals surface area contributed by atoms with Crippen molar-refractivity contribution in [1.82, 2.24) is 0 Å². The molecule has 0 aliphatic carbocycles. The highest BCUT2D eigenvalue weighted by atomic mass is 35.5. The van der Waals surface area contributed by atoms with Gasteiger partial charge >= 0.3 is 0 Å². The summed E-state index contributed by atoms with van der Waals surface area (Å²) >= 11 is 17.0. The van der Waals surface area contributed by atoms with Crippen molar-refractivity contribution in [3.63, 3.8) is 0 Å². The van der Waals surface area contributed by atoms with Crippen LogP contribution in [0.2, 0.25) is 15.1 Å². The highest BCUT2D eigenvalue weighted by Crippen LogP contribution is 2.36. The highest BCUT2D eigenvalue weighted by molar-refractivity contribution is 6.44. The summed E-state index contributed by atoms with van der Waals surface area (Å²) in [5.74, 6) is 0. The molecule has 14 heavy (non-hydrogen) atoms. The first-order valence-corrected chi connectivity index (χ1v) is 4.75. The zero-order valence-electron chi connectivity index (χ0n) is 6.78. The minimum absolute atomic E-state index is 0.0177. The van der Waals surface area contributed by atoms with Crippen LogP contribution in [0.5, 0.6) is 0 Å². The fourth-order valence-electron chi connectivity index (χ4n) is 0.974. The zero-order chi connectivity index (χ0) is 10.9. The van der Waals surface area contributed by atoms with Crippen molar-refractivity contribution >= 4 is 34.8 Å². The number of benzene rings is 1. The second-order valence-electron chi connectivity index (χ2n) is 2.62. The summed E-state index contributed by atoms with van der Waals surface area (Å²) in [6.07, 6.45) is -2.73. The van der Waals surface area contributed by atoms with E-state index in [4.69, 9.17) is 40.5 Å². The van der Waals surface area contributed by atoms with Crippen molar-refractivity contribution < 1.29 is 8.78 Å². The maximum absolute atomic E-state index is 12.3. The second-order valence-corrected chi connectivity index (χ2v) is 3.81. The van der Waals surface area contributed by atoms with Crippen LogP contribution in [0.3, 0.4) is 0 Å². The van der Waals surface area contributed by atoms with Crippen LogP contribution in [0.1, 0.15) is 11.6 Å². The quantitative estimate of drug-likeness (QED) is 0.802. The Morgan fingerprint density at radius 1 is 1.07 bits per heavy atom. The zero-order valence-corrected chi connectivity index (χ0v) is 9.04. The summed E-state index contributed by atoms with van der Waals surface area (Å²) in [5, 5.41) is 0.223. The molecule has 2 N–H and O–H groups in total. The van der Waals surface area contributed by atoms with Gasteiger partial charge in [0.2, 0.25) is 0 Å². The van der Waals surface area contributed by atoms with Crippen LogP contribution >= 0.6 is 34.8 Å². The van der Waals surface area contributed by atoms with E-state index in [2.05, 4.69) is 0 Å². The first kappa shape index (κ1) is 12.0. The Morgan fingerprint density at radius 3 is 2.07 bits per heavy atom. The molecular formula is C8H6Cl3F2N. The van der Waals surface area contributed by atoms with Crippen molar-refractivity contribution in [2.24, 2.45) is 5.73 Å². The Balaban J connectivity index is 3.25. The number of hydrogen-bond donors (Lipinski definition) is 1. The summed E-state index contributed by atoms with van der Waals surface area (Å²) in [6.45, 7) is 0. The van der Waals surface area contributed by atoms with Gasteiger partial charge in [0, 0.05) is 10.6 Å². The molecule has 0 saturated heterocycles. The van der Waals surface area contributed by atoms with Gasteiger partial charge in [-0.1, -0.05) is 34.8 Å². The fourth-order valence-corrected chi connectivity index (χ4v) is 1.76. The summed E-state index contributed by atoms with van der Waals surface area (Å²) in [4.78, 5) is 0. The van der Waals surface area contributed by atoms with Gasteiger partial charge in [-0.15, -0.1) is 0 Å². The van der Waals surface area contributed by atoms with Crippen LogP contribution in [0.25, 0.3) is 0 Å². The summed E-state index contributed by atoms with van der Waals surface area (Å²) in [7, 11) is 0. The molecule has 0 aromatic heterocycles. The van der Waals surface area contributed by atoms with Gasteiger partial charge in [-0.3, -0.25) is 0 Å². The number of halogens is 5. The molecule has 0 bridgehead atoms. The van der Waals surface area contributed by atoms with Crippen LogP contribution < -0.4 is 5.73 Å². The van der Waals surface area contributed by atoms with Crippen molar-refractivity contribution in [1.29, 1.82) is 0 Å². The van der Waals surface area contributed by atoms with Gasteiger partial charge in [0.05, 0.1) is 16.1 Å².